The minimum absolute atomic E-state index is 0.0375. The van der Waals surface area contributed by atoms with Crippen LogP contribution in [0.2, 0.25) is 0 Å². The number of hydrogen-bond acceptors (Lipinski definition) is 5. The zero-order chi connectivity index (χ0) is 13.7. The van der Waals surface area contributed by atoms with Crippen LogP contribution < -0.4 is 11.2 Å². The Morgan fingerprint density at radius 3 is 2.28 bits per heavy atom. The fourth-order valence-corrected chi connectivity index (χ4v) is 1.84. The van der Waals surface area contributed by atoms with Gasteiger partial charge in [-0.2, -0.15) is 0 Å². The summed E-state index contributed by atoms with van der Waals surface area (Å²) in [5.41, 5.74) is -1.25. The van der Waals surface area contributed by atoms with E-state index in [0.717, 1.165) is 6.26 Å². The molecule has 0 spiro atoms. The highest BCUT2D eigenvalue weighted by atomic mass is 32.2. The lowest BCUT2D eigenvalue weighted by Crippen LogP contribution is -2.29. The van der Waals surface area contributed by atoms with E-state index in [4.69, 9.17) is 0 Å². The second-order valence-electron chi connectivity index (χ2n) is 4.50. The predicted octanol–water partition coefficient (Wildman–Crippen LogP) is -0.781. The molecular weight excluding hydrogens is 260 g/mol. The van der Waals surface area contributed by atoms with Crippen molar-refractivity contribution in [3.05, 3.63) is 26.7 Å². The van der Waals surface area contributed by atoms with Crippen LogP contribution in [0.1, 0.15) is 19.7 Å². The van der Waals surface area contributed by atoms with Crippen molar-refractivity contribution in [1.29, 1.82) is 0 Å². The molecule has 98 valence electrons. The Kier molecular flexibility index (Phi) is 2.47. The fraction of sp³-hybridized carbons (Fsp3) is 0.444. The molecular formula is C9H12N4O4S. The van der Waals surface area contributed by atoms with Gasteiger partial charge < -0.3 is 4.98 Å². The average molecular weight is 272 g/mol. The van der Waals surface area contributed by atoms with E-state index in [-0.39, 0.29) is 17.0 Å². The molecule has 0 unspecified atom stereocenters. The summed E-state index contributed by atoms with van der Waals surface area (Å²) in [5.74, 6) is 0.104. The van der Waals surface area contributed by atoms with Gasteiger partial charge in [-0.3, -0.25) is 14.8 Å². The number of aromatic nitrogens is 4. The number of fused-ring (bicyclic) bond motifs is 1. The molecule has 2 aromatic heterocycles. The fourth-order valence-electron chi connectivity index (χ4n) is 1.39. The highest BCUT2D eigenvalue weighted by molar-refractivity contribution is 7.91. The quantitative estimate of drug-likeness (QED) is 0.660. The second-order valence-corrected chi connectivity index (χ2v) is 7.06. The van der Waals surface area contributed by atoms with Gasteiger partial charge in [-0.25, -0.2) is 18.2 Å². The lowest BCUT2D eigenvalue weighted by molar-refractivity contribution is 0.552. The molecule has 2 heterocycles. The summed E-state index contributed by atoms with van der Waals surface area (Å²) in [6.07, 6.45) is 1.08. The minimum Gasteiger partial charge on any atom is -0.335 e. The van der Waals surface area contributed by atoms with Crippen molar-refractivity contribution < 1.29 is 8.42 Å². The Balaban J connectivity index is 2.81. The molecule has 0 amide bonds. The van der Waals surface area contributed by atoms with Crippen LogP contribution in [0, 0.1) is 0 Å². The lowest BCUT2D eigenvalue weighted by Gasteiger charge is -2.19. The predicted molar refractivity (Wildman–Crippen MR) is 65.2 cm³/mol. The van der Waals surface area contributed by atoms with E-state index >= 15 is 0 Å². The number of hydrogen-bond donors (Lipinski definition) is 3. The summed E-state index contributed by atoms with van der Waals surface area (Å²) in [6, 6.07) is 0. The van der Waals surface area contributed by atoms with E-state index < -0.39 is 25.8 Å². The van der Waals surface area contributed by atoms with E-state index in [2.05, 4.69) is 15.0 Å². The molecule has 8 nitrogen and oxygen atoms in total. The van der Waals surface area contributed by atoms with Crippen LogP contribution in [-0.4, -0.2) is 34.6 Å². The van der Waals surface area contributed by atoms with Crippen molar-refractivity contribution in [3.8, 4) is 0 Å². The Hall–Kier alpha value is -1.90. The van der Waals surface area contributed by atoms with E-state index in [9.17, 15) is 18.0 Å². The third kappa shape index (κ3) is 1.76. The van der Waals surface area contributed by atoms with Crippen molar-refractivity contribution in [2.75, 3.05) is 6.26 Å². The van der Waals surface area contributed by atoms with Crippen molar-refractivity contribution in [1.82, 2.24) is 19.9 Å². The topological polar surface area (TPSA) is 129 Å². The van der Waals surface area contributed by atoms with Crippen molar-refractivity contribution in [2.45, 2.75) is 18.6 Å². The average Bonchev–Trinajstić information content (AvgIpc) is 2.59. The van der Waals surface area contributed by atoms with Crippen molar-refractivity contribution in [3.63, 3.8) is 0 Å². The van der Waals surface area contributed by atoms with E-state index in [1.807, 2.05) is 4.98 Å². The maximum atomic E-state index is 11.7. The number of sulfone groups is 1. The molecule has 2 rings (SSSR count). The van der Waals surface area contributed by atoms with Gasteiger partial charge in [0, 0.05) is 6.26 Å². The summed E-state index contributed by atoms with van der Waals surface area (Å²) >= 11 is 0. The molecule has 2 aromatic rings. The largest absolute Gasteiger partial charge is 0.335 e. The Bertz CT molecular complexity index is 824. The summed E-state index contributed by atoms with van der Waals surface area (Å²) in [6.45, 7) is 2.93. The van der Waals surface area contributed by atoms with Crippen LogP contribution in [0.15, 0.2) is 9.59 Å². The van der Waals surface area contributed by atoms with Gasteiger partial charge in [0.1, 0.15) is 16.1 Å². The molecule has 0 aliphatic rings. The molecule has 0 aliphatic carbocycles. The molecule has 3 N–H and O–H groups in total. The first kappa shape index (κ1) is 12.6. The lowest BCUT2D eigenvalue weighted by atomic mass is 10.2. The van der Waals surface area contributed by atoms with Gasteiger partial charge in [0.05, 0.1) is 0 Å². The normalized spacial score (nSPS) is 13.1. The molecule has 0 saturated heterocycles. The molecule has 0 radical (unpaired) electrons. The summed E-state index contributed by atoms with van der Waals surface area (Å²) in [5, 5.41) is 0. The number of imidazole rings is 1. The van der Waals surface area contributed by atoms with Crippen molar-refractivity contribution >= 4 is 21.0 Å². The Labute approximate surface area is 101 Å². The molecule has 0 saturated carbocycles. The zero-order valence-corrected chi connectivity index (χ0v) is 10.8. The first-order valence-corrected chi connectivity index (χ1v) is 6.94. The smallest absolute Gasteiger partial charge is 0.327 e. The highest BCUT2D eigenvalue weighted by Gasteiger charge is 2.35. The molecule has 0 aliphatic heterocycles. The standard InChI is InChI=1S/C9H12N4O4S/c1-9(2,18(3,16)17)7-10-4-5(11-7)12-8(15)13-6(4)14/h1-3H3,(H3,10,11,12,13,14,15). The highest BCUT2D eigenvalue weighted by Crippen LogP contribution is 2.26. The van der Waals surface area contributed by atoms with Crippen LogP contribution in [0.25, 0.3) is 11.2 Å². The molecule has 0 atom stereocenters. The van der Waals surface area contributed by atoms with Crippen LogP contribution >= 0.6 is 0 Å². The van der Waals surface area contributed by atoms with Gasteiger partial charge in [0.15, 0.2) is 15.5 Å². The van der Waals surface area contributed by atoms with Crippen LogP contribution in [0.3, 0.4) is 0 Å². The van der Waals surface area contributed by atoms with Gasteiger partial charge in [0.2, 0.25) is 0 Å². The summed E-state index contributed by atoms with van der Waals surface area (Å²) in [7, 11) is -3.42. The first-order chi connectivity index (χ1) is 8.13. The summed E-state index contributed by atoms with van der Waals surface area (Å²) < 4.78 is 22.0. The number of rotatable bonds is 2. The molecule has 9 heteroatoms. The number of H-pyrrole nitrogens is 3. The van der Waals surface area contributed by atoms with Crippen LogP contribution in [0.4, 0.5) is 0 Å². The second kappa shape index (κ2) is 3.55. The number of nitrogens with zero attached hydrogens (tertiary/aromatic N) is 1. The van der Waals surface area contributed by atoms with Crippen LogP contribution in [-0.2, 0) is 14.6 Å². The monoisotopic (exact) mass is 272 g/mol. The number of aromatic amines is 3. The van der Waals surface area contributed by atoms with Crippen molar-refractivity contribution in [2.24, 2.45) is 0 Å². The van der Waals surface area contributed by atoms with Gasteiger partial charge in [-0.05, 0) is 13.8 Å². The third-order valence-electron chi connectivity index (χ3n) is 2.89. The minimum atomic E-state index is -3.42. The summed E-state index contributed by atoms with van der Waals surface area (Å²) in [4.78, 5) is 33.5. The number of nitrogens with one attached hydrogen (secondary N) is 3. The first-order valence-electron chi connectivity index (χ1n) is 5.05. The molecule has 0 fully saturated rings. The maximum Gasteiger partial charge on any atom is 0.327 e. The zero-order valence-electron chi connectivity index (χ0n) is 9.99. The Morgan fingerprint density at radius 1 is 1.11 bits per heavy atom. The van der Waals surface area contributed by atoms with Gasteiger partial charge in [-0.1, -0.05) is 0 Å². The molecule has 0 bridgehead atoms. The van der Waals surface area contributed by atoms with E-state index in [1.165, 1.54) is 13.8 Å². The molecule has 0 aromatic carbocycles. The third-order valence-corrected chi connectivity index (χ3v) is 4.93. The van der Waals surface area contributed by atoms with Crippen LogP contribution in [0.5, 0.6) is 0 Å². The molecule has 18 heavy (non-hydrogen) atoms. The SMILES string of the molecule is CC(C)(c1nc2[nH]c(=O)[nH]c(=O)c2[nH]1)S(C)(=O)=O. The van der Waals surface area contributed by atoms with E-state index in [1.54, 1.807) is 0 Å². The van der Waals surface area contributed by atoms with E-state index in [0.29, 0.717) is 0 Å². The van der Waals surface area contributed by atoms with Gasteiger partial charge in [0.25, 0.3) is 5.56 Å². The Morgan fingerprint density at radius 2 is 1.72 bits per heavy atom. The maximum absolute atomic E-state index is 11.7. The van der Waals surface area contributed by atoms with Gasteiger partial charge in [-0.15, -0.1) is 0 Å². The van der Waals surface area contributed by atoms with Gasteiger partial charge >= 0.3 is 5.69 Å².